The first-order valence-corrected chi connectivity index (χ1v) is 40.2. The molecule has 0 radical (unpaired) electrons. The first-order valence-electron chi connectivity index (χ1n) is 40.2. The molecular weight excluding hydrogens is 1100 g/mol. The van der Waals surface area contributed by atoms with Crippen LogP contribution < -0.4 is 5.11 Å². The lowest BCUT2D eigenvalue weighted by Crippen LogP contribution is -2.44. The standard InChI is InChI=1S/C80H157NO8/c1-6-8-10-12-14-16-18-20-22-24-26-28-30-32-34-36-38-40-42-44-46-48-50-52-54-56-58-60-62-64-66-68-70-77(82)87-74-76(75-88-80(79(84)85)86-73-72-81(3,4)5)89-78(83)71-69-67-65-63-61-59-57-55-53-51-49-47-45-43-41-39-37-35-33-31-29-27-25-23-21-19-17-15-13-11-9-7-2/h76,80H,6-75H2,1-5H3. The van der Waals surface area contributed by atoms with Crippen LogP contribution in [0.1, 0.15) is 438 Å². The van der Waals surface area contributed by atoms with Gasteiger partial charge in [-0.2, -0.15) is 0 Å². The molecule has 0 aromatic rings. The SMILES string of the molecule is CCCCCCCCCCCCCCCCCCCCCCCCCCCCCCCCCCC(=O)OCC(COC(OCC[N+](C)(C)C)C(=O)[O-])OC(=O)CCCCCCCCCCCCCCCCCCCCCCCCCCCCCCCCCC. The molecule has 2 unspecified atom stereocenters. The smallest absolute Gasteiger partial charge is 0.306 e. The summed E-state index contributed by atoms with van der Waals surface area (Å²) in [6, 6.07) is 0. The minimum absolute atomic E-state index is 0.154. The number of esters is 2. The van der Waals surface area contributed by atoms with E-state index >= 15 is 0 Å². The van der Waals surface area contributed by atoms with Crippen molar-refractivity contribution in [1.82, 2.24) is 0 Å². The fourth-order valence-corrected chi connectivity index (χ4v) is 12.7. The Hall–Kier alpha value is -1.71. The van der Waals surface area contributed by atoms with Gasteiger partial charge in [0.25, 0.3) is 0 Å². The summed E-state index contributed by atoms with van der Waals surface area (Å²) in [7, 11) is 5.96. The van der Waals surface area contributed by atoms with Crippen molar-refractivity contribution < 1.29 is 42.9 Å². The molecule has 0 aliphatic rings. The molecule has 9 heteroatoms. The van der Waals surface area contributed by atoms with Crippen LogP contribution in [0.15, 0.2) is 0 Å². The molecular formula is C80H157NO8. The number of carboxylic acids is 1. The average molecular weight is 1260 g/mol. The predicted octanol–water partition coefficient (Wildman–Crippen LogP) is 24.0. The summed E-state index contributed by atoms with van der Waals surface area (Å²) in [5.74, 6) is -2.24. The summed E-state index contributed by atoms with van der Waals surface area (Å²) in [5.41, 5.74) is 0. The molecule has 89 heavy (non-hydrogen) atoms. The number of likely N-dealkylation sites (N-methyl/N-ethyl adjacent to an activating group) is 1. The van der Waals surface area contributed by atoms with Crippen LogP contribution in [0.2, 0.25) is 0 Å². The van der Waals surface area contributed by atoms with E-state index in [1.165, 1.54) is 372 Å². The molecule has 0 aromatic heterocycles. The number of rotatable bonds is 77. The number of nitrogens with zero attached hydrogens (tertiary/aromatic N) is 1. The number of hydrogen-bond donors (Lipinski definition) is 0. The van der Waals surface area contributed by atoms with Crippen LogP contribution >= 0.6 is 0 Å². The molecule has 0 bridgehead atoms. The summed E-state index contributed by atoms with van der Waals surface area (Å²) < 4.78 is 22.9. The van der Waals surface area contributed by atoms with E-state index in [4.69, 9.17) is 18.9 Å². The molecule has 0 spiro atoms. The highest BCUT2D eigenvalue weighted by molar-refractivity contribution is 5.70. The van der Waals surface area contributed by atoms with Crippen molar-refractivity contribution in [2.45, 2.75) is 450 Å². The summed E-state index contributed by atoms with van der Waals surface area (Å²) in [6.07, 6.45) is 85.3. The molecule has 9 nitrogen and oxygen atoms in total. The predicted molar refractivity (Wildman–Crippen MR) is 381 cm³/mol. The highest BCUT2D eigenvalue weighted by Gasteiger charge is 2.22. The van der Waals surface area contributed by atoms with Crippen LogP contribution in [0, 0.1) is 0 Å². The van der Waals surface area contributed by atoms with Gasteiger partial charge < -0.3 is 33.3 Å². The topological polar surface area (TPSA) is 111 Å². The molecule has 0 N–H and O–H groups in total. The van der Waals surface area contributed by atoms with E-state index in [0.717, 1.165) is 38.5 Å². The lowest BCUT2D eigenvalue weighted by molar-refractivity contribution is -0.870. The second-order valence-corrected chi connectivity index (χ2v) is 29.1. The van der Waals surface area contributed by atoms with Crippen molar-refractivity contribution in [2.24, 2.45) is 0 Å². The molecule has 0 heterocycles. The average Bonchev–Trinajstić information content (AvgIpc) is 3.55. The number of unbranched alkanes of at least 4 members (excludes halogenated alkanes) is 62. The summed E-state index contributed by atoms with van der Waals surface area (Å²) >= 11 is 0. The van der Waals surface area contributed by atoms with E-state index in [1.54, 1.807) is 0 Å². The van der Waals surface area contributed by atoms with E-state index < -0.39 is 24.3 Å². The first-order chi connectivity index (χ1) is 43.6. The van der Waals surface area contributed by atoms with Crippen molar-refractivity contribution in [3.63, 3.8) is 0 Å². The van der Waals surface area contributed by atoms with Gasteiger partial charge in [-0.1, -0.05) is 412 Å². The number of quaternary nitrogens is 1. The minimum atomic E-state index is -1.62. The van der Waals surface area contributed by atoms with E-state index in [-0.39, 0.29) is 32.2 Å². The van der Waals surface area contributed by atoms with Crippen molar-refractivity contribution in [1.29, 1.82) is 0 Å². The highest BCUT2D eigenvalue weighted by Crippen LogP contribution is 2.21. The zero-order valence-corrected chi connectivity index (χ0v) is 60.9. The van der Waals surface area contributed by atoms with Gasteiger partial charge in [-0.25, -0.2) is 0 Å². The third-order valence-electron chi connectivity index (χ3n) is 18.9. The van der Waals surface area contributed by atoms with E-state index in [1.807, 2.05) is 21.1 Å². The van der Waals surface area contributed by atoms with Crippen LogP contribution in [0.5, 0.6) is 0 Å². The molecule has 0 fully saturated rings. The third kappa shape index (κ3) is 73.6. The Morgan fingerprint density at radius 3 is 0.719 bits per heavy atom. The number of carboxylic acid groups (broad SMARTS) is 1. The zero-order chi connectivity index (χ0) is 64.7. The van der Waals surface area contributed by atoms with Crippen LogP contribution in [0.3, 0.4) is 0 Å². The Morgan fingerprint density at radius 2 is 0.506 bits per heavy atom. The van der Waals surface area contributed by atoms with E-state index in [0.29, 0.717) is 17.4 Å². The van der Waals surface area contributed by atoms with Gasteiger partial charge in [-0.15, -0.1) is 0 Å². The van der Waals surface area contributed by atoms with Gasteiger partial charge in [0.05, 0.1) is 40.3 Å². The summed E-state index contributed by atoms with van der Waals surface area (Å²) in [6.45, 7) is 4.86. The van der Waals surface area contributed by atoms with Gasteiger partial charge in [-0.05, 0) is 12.8 Å². The van der Waals surface area contributed by atoms with Gasteiger partial charge in [0.15, 0.2) is 12.4 Å². The maximum atomic E-state index is 13.0. The molecule has 2 atom stereocenters. The Balaban J connectivity index is 3.95. The Labute approximate surface area is 555 Å². The van der Waals surface area contributed by atoms with Crippen LogP contribution in [0.25, 0.3) is 0 Å². The van der Waals surface area contributed by atoms with Gasteiger partial charge in [-0.3, -0.25) is 9.59 Å². The Kier molecular flexibility index (Phi) is 70.7. The fourth-order valence-electron chi connectivity index (χ4n) is 12.7. The molecule has 530 valence electrons. The summed E-state index contributed by atoms with van der Waals surface area (Å²) in [4.78, 5) is 37.6. The maximum absolute atomic E-state index is 13.0. The molecule has 0 saturated carbocycles. The second kappa shape index (κ2) is 72.1. The number of ether oxygens (including phenoxy) is 4. The van der Waals surface area contributed by atoms with Gasteiger partial charge >= 0.3 is 11.9 Å². The highest BCUT2D eigenvalue weighted by atomic mass is 16.7. The van der Waals surface area contributed by atoms with Gasteiger partial charge in [0.1, 0.15) is 13.2 Å². The zero-order valence-electron chi connectivity index (χ0n) is 60.9. The number of carbonyl (C=O) groups excluding carboxylic acids is 3. The van der Waals surface area contributed by atoms with Crippen LogP contribution in [-0.4, -0.2) is 82.3 Å². The van der Waals surface area contributed by atoms with E-state index in [2.05, 4.69) is 13.8 Å². The Bertz CT molecular complexity index is 1420. The second-order valence-electron chi connectivity index (χ2n) is 29.1. The quantitative estimate of drug-likeness (QED) is 0.0256. The van der Waals surface area contributed by atoms with Crippen molar-refractivity contribution in [3.8, 4) is 0 Å². The minimum Gasteiger partial charge on any atom is -0.545 e. The number of aliphatic carboxylic acids is 1. The molecule has 0 amide bonds. The lowest BCUT2D eigenvalue weighted by Gasteiger charge is -2.26. The van der Waals surface area contributed by atoms with Crippen molar-refractivity contribution in [2.75, 3.05) is 47.5 Å². The van der Waals surface area contributed by atoms with Gasteiger partial charge in [0.2, 0.25) is 0 Å². The molecule has 0 saturated heterocycles. The van der Waals surface area contributed by atoms with Crippen LogP contribution in [0.4, 0.5) is 0 Å². The normalized spacial score (nSPS) is 12.5. The number of hydrogen-bond acceptors (Lipinski definition) is 8. The third-order valence-corrected chi connectivity index (χ3v) is 18.9. The molecule has 0 aromatic carbocycles. The monoisotopic (exact) mass is 1260 g/mol. The van der Waals surface area contributed by atoms with E-state index in [9.17, 15) is 19.5 Å². The fraction of sp³-hybridized carbons (Fsp3) is 0.963. The van der Waals surface area contributed by atoms with Crippen molar-refractivity contribution in [3.05, 3.63) is 0 Å². The maximum Gasteiger partial charge on any atom is 0.306 e. The molecule has 0 rings (SSSR count). The van der Waals surface area contributed by atoms with Crippen molar-refractivity contribution >= 4 is 17.9 Å². The lowest BCUT2D eigenvalue weighted by atomic mass is 10.0. The molecule has 0 aliphatic heterocycles. The largest absolute Gasteiger partial charge is 0.545 e. The number of carbonyl (C=O) groups is 3. The first kappa shape index (κ1) is 87.3. The Morgan fingerprint density at radius 1 is 0.292 bits per heavy atom. The molecule has 0 aliphatic carbocycles. The van der Waals surface area contributed by atoms with Crippen LogP contribution in [-0.2, 0) is 33.3 Å². The van der Waals surface area contributed by atoms with Gasteiger partial charge in [0, 0.05) is 12.8 Å². The summed E-state index contributed by atoms with van der Waals surface area (Å²) in [5, 5.41) is 11.9.